The Morgan fingerprint density at radius 2 is 1.62 bits per heavy atom. The fourth-order valence-electron chi connectivity index (χ4n) is 2.98. The summed E-state index contributed by atoms with van der Waals surface area (Å²) in [6, 6.07) is 12.6. The molecule has 0 fully saturated rings. The average Bonchev–Trinajstić information content (AvgIpc) is 3.37. The normalized spacial score (nSPS) is 10.4. The number of ether oxygens (including phenoxy) is 3. The van der Waals surface area contributed by atoms with Gasteiger partial charge in [-0.2, -0.15) is 0 Å². The van der Waals surface area contributed by atoms with Crippen LogP contribution in [0.4, 0.5) is 5.82 Å². The molecule has 34 heavy (non-hydrogen) atoms. The summed E-state index contributed by atoms with van der Waals surface area (Å²) in [5, 5.41) is 5.97. The van der Waals surface area contributed by atoms with Crippen molar-refractivity contribution in [3.63, 3.8) is 0 Å². The molecule has 0 aliphatic rings. The van der Waals surface area contributed by atoms with Gasteiger partial charge in [-0.25, -0.2) is 4.79 Å². The predicted octanol–water partition coefficient (Wildman–Crippen LogP) is 4.28. The molecule has 0 radical (unpaired) electrons. The minimum absolute atomic E-state index is 0.0454. The highest BCUT2D eigenvalue weighted by Crippen LogP contribution is 2.30. The van der Waals surface area contributed by atoms with Crippen LogP contribution in [0.2, 0.25) is 0 Å². The Morgan fingerprint density at radius 1 is 0.912 bits per heavy atom. The van der Waals surface area contributed by atoms with Gasteiger partial charge in [0.2, 0.25) is 0 Å². The molecular weight excluding hydrogens is 440 g/mol. The maximum absolute atomic E-state index is 13.3. The smallest absolute Gasteiger partial charge is 0.339 e. The highest BCUT2D eigenvalue weighted by Gasteiger charge is 2.21. The van der Waals surface area contributed by atoms with Crippen LogP contribution in [-0.4, -0.2) is 42.6 Å². The van der Waals surface area contributed by atoms with Crippen LogP contribution in [0.5, 0.6) is 11.5 Å². The largest absolute Gasteiger partial charge is 0.490 e. The summed E-state index contributed by atoms with van der Waals surface area (Å²) in [5.74, 6) is -0.563. The van der Waals surface area contributed by atoms with Gasteiger partial charge in [0.05, 0.1) is 18.8 Å². The Bertz CT molecular complexity index is 1130. The van der Waals surface area contributed by atoms with Crippen molar-refractivity contribution in [2.24, 2.45) is 0 Å². The molecule has 0 aliphatic carbocycles. The van der Waals surface area contributed by atoms with Crippen LogP contribution >= 0.6 is 0 Å². The van der Waals surface area contributed by atoms with Gasteiger partial charge < -0.3 is 24.1 Å². The standard InChI is InChI=1S/C25H26N2O7/c1-3-12-31-20-10-9-17(15-21(20)32-13-4-2)24(29)18-7-5-6-8-19(18)25(30)33-16-23(28)26-22-11-14-34-27-22/h5-11,14-15H,3-4,12-13,16H2,1-2H3,(H,26,27,28). The van der Waals surface area contributed by atoms with Gasteiger partial charge in [-0.05, 0) is 37.1 Å². The van der Waals surface area contributed by atoms with Crippen LogP contribution < -0.4 is 14.8 Å². The Hall–Kier alpha value is -4.14. The molecule has 3 aromatic rings. The Morgan fingerprint density at radius 3 is 2.29 bits per heavy atom. The number of nitrogens with zero attached hydrogens (tertiary/aromatic N) is 1. The van der Waals surface area contributed by atoms with E-state index < -0.39 is 18.5 Å². The van der Waals surface area contributed by atoms with Gasteiger partial charge >= 0.3 is 5.97 Å². The SMILES string of the molecule is CCCOc1ccc(C(=O)c2ccccc2C(=O)OCC(=O)Nc2ccon2)cc1OCCC. The number of hydrogen-bond acceptors (Lipinski definition) is 8. The maximum Gasteiger partial charge on any atom is 0.339 e. The zero-order chi connectivity index (χ0) is 24.3. The number of carbonyl (C=O) groups is 3. The van der Waals surface area contributed by atoms with Gasteiger partial charge in [0.15, 0.2) is 29.7 Å². The van der Waals surface area contributed by atoms with Gasteiger partial charge in [-0.15, -0.1) is 0 Å². The van der Waals surface area contributed by atoms with Crippen molar-refractivity contribution in [2.45, 2.75) is 26.7 Å². The van der Waals surface area contributed by atoms with Crippen molar-refractivity contribution in [2.75, 3.05) is 25.1 Å². The second kappa shape index (κ2) is 12.2. The number of rotatable bonds is 12. The molecule has 0 bridgehead atoms. The fourth-order valence-corrected chi connectivity index (χ4v) is 2.98. The summed E-state index contributed by atoms with van der Waals surface area (Å²) in [7, 11) is 0. The second-order valence-corrected chi connectivity index (χ2v) is 7.24. The van der Waals surface area contributed by atoms with Crippen molar-refractivity contribution in [3.8, 4) is 11.5 Å². The summed E-state index contributed by atoms with van der Waals surface area (Å²) in [4.78, 5) is 37.9. The van der Waals surface area contributed by atoms with E-state index in [2.05, 4.69) is 15.0 Å². The third kappa shape index (κ3) is 6.44. The van der Waals surface area contributed by atoms with Crippen LogP contribution in [0.3, 0.4) is 0 Å². The zero-order valence-corrected chi connectivity index (χ0v) is 19.0. The van der Waals surface area contributed by atoms with E-state index in [9.17, 15) is 14.4 Å². The zero-order valence-electron chi connectivity index (χ0n) is 19.0. The number of nitrogens with one attached hydrogen (secondary N) is 1. The van der Waals surface area contributed by atoms with Crippen LogP contribution in [0, 0.1) is 0 Å². The van der Waals surface area contributed by atoms with E-state index in [-0.39, 0.29) is 22.7 Å². The first-order valence-electron chi connectivity index (χ1n) is 10.9. The number of amides is 1. The molecule has 0 unspecified atom stereocenters. The monoisotopic (exact) mass is 466 g/mol. The number of aromatic nitrogens is 1. The third-order valence-corrected chi connectivity index (χ3v) is 4.56. The first-order chi connectivity index (χ1) is 16.5. The lowest BCUT2D eigenvalue weighted by atomic mass is 9.98. The van der Waals surface area contributed by atoms with Crippen molar-refractivity contribution in [3.05, 3.63) is 71.5 Å². The van der Waals surface area contributed by atoms with Crippen molar-refractivity contribution < 1.29 is 33.1 Å². The van der Waals surface area contributed by atoms with Gasteiger partial charge in [0.1, 0.15) is 6.26 Å². The molecule has 0 atom stereocenters. The Kier molecular flexibility index (Phi) is 8.79. The lowest BCUT2D eigenvalue weighted by Crippen LogP contribution is -2.22. The number of anilines is 1. The molecule has 1 aromatic heterocycles. The van der Waals surface area contributed by atoms with Crippen LogP contribution in [0.15, 0.2) is 59.3 Å². The van der Waals surface area contributed by atoms with E-state index in [0.717, 1.165) is 12.8 Å². The quantitative estimate of drug-likeness (QED) is 0.311. The summed E-state index contributed by atoms with van der Waals surface area (Å²) in [6.07, 6.45) is 2.93. The molecule has 178 valence electrons. The highest BCUT2D eigenvalue weighted by molar-refractivity contribution is 6.14. The summed E-state index contributed by atoms with van der Waals surface area (Å²) < 4.78 is 21.2. The van der Waals surface area contributed by atoms with E-state index in [1.54, 1.807) is 30.3 Å². The van der Waals surface area contributed by atoms with Gasteiger partial charge in [0.25, 0.3) is 5.91 Å². The molecule has 1 N–H and O–H groups in total. The van der Waals surface area contributed by atoms with E-state index >= 15 is 0 Å². The molecule has 0 spiro atoms. The number of carbonyl (C=O) groups excluding carboxylic acids is 3. The molecule has 9 nitrogen and oxygen atoms in total. The fraction of sp³-hybridized carbons (Fsp3) is 0.280. The predicted molar refractivity (Wildman–Crippen MR) is 123 cm³/mol. The van der Waals surface area contributed by atoms with Crippen molar-refractivity contribution in [1.82, 2.24) is 5.16 Å². The van der Waals surface area contributed by atoms with Crippen LogP contribution in [-0.2, 0) is 9.53 Å². The molecular formula is C25H26N2O7. The topological polar surface area (TPSA) is 117 Å². The molecule has 0 aliphatic heterocycles. The summed E-state index contributed by atoms with van der Waals surface area (Å²) in [5.41, 5.74) is 0.524. The maximum atomic E-state index is 13.3. The summed E-state index contributed by atoms with van der Waals surface area (Å²) >= 11 is 0. The number of hydrogen-bond donors (Lipinski definition) is 1. The van der Waals surface area contributed by atoms with Crippen LogP contribution in [0.25, 0.3) is 0 Å². The average molecular weight is 466 g/mol. The molecule has 0 saturated carbocycles. The van der Waals surface area contributed by atoms with E-state index in [0.29, 0.717) is 30.3 Å². The highest BCUT2D eigenvalue weighted by atomic mass is 16.5. The van der Waals surface area contributed by atoms with Gasteiger partial charge in [0, 0.05) is 17.2 Å². The number of benzene rings is 2. The molecule has 9 heteroatoms. The van der Waals surface area contributed by atoms with Gasteiger partial charge in [-0.1, -0.05) is 37.2 Å². The van der Waals surface area contributed by atoms with Crippen molar-refractivity contribution >= 4 is 23.5 Å². The molecule has 0 saturated heterocycles. The molecule has 2 aromatic carbocycles. The number of esters is 1. The van der Waals surface area contributed by atoms with E-state index in [4.69, 9.17) is 14.2 Å². The first-order valence-corrected chi connectivity index (χ1v) is 10.9. The minimum atomic E-state index is -0.801. The Labute approximate surface area is 197 Å². The van der Waals surface area contributed by atoms with E-state index in [1.165, 1.54) is 24.5 Å². The summed E-state index contributed by atoms with van der Waals surface area (Å²) in [6.45, 7) is 4.43. The molecule has 3 rings (SSSR count). The lowest BCUT2D eigenvalue weighted by Gasteiger charge is -2.14. The minimum Gasteiger partial charge on any atom is -0.490 e. The van der Waals surface area contributed by atoms with Gasteiger partial charge in [-0.3, -0.25) is 9.59 Å². The second-order valence-electron chi connectivity index (χ2n) is 7.24. The van der Waals surface area contributed by atoms with Crippen LogP contribution in [0.1, 0.15) is 53.0 Å². The molecule has 1 heterocycles. The lowest BCUT2D eigenvalue weighted by molar-refractivity contribution is -0.119. The molecule has 1 amide bonds. The first kappa shape index (κ1) is 24.5. The number of ketones is 1. The third-order valence-electron chi connectivity index (χ3n) is 4.56. The Balaban J connectivity index is 1.76. The van der Waals surface area contributed by atoms with E-state index in [1.807, 2.05) is 13.8 Å². The van der Waals surface area contributed by atoms with Crippen molar-refractivity contribution in [1.29, 1.82) is 0 Å².